The number of hydrogen-bond acceptors (Lipinski definition) is 0. The zero-order chi connectivity index (χ0) is 10.1. The second kappa shape index (κ2) is 3.53. The van der Waals surface area contributed by atoms with E-state index in [-0.39, 0.29) is 5.41 Å². The Morgan fingerprint density at radius 1 is 1.15 bits per heavy atom. The van der Waals surface area contributed by atoms with Crippen LogP contribution in [0, 0.1) is 12.8 Å². The van der Waals surface area contributed by atoms with Gasteiger partial charge in [0, 0.05) is 0 Å². The van der Waals surface area contributed by atoms with Crippen molar-refractivity contribution in [3.63, 3.8) is 0 Å². The van der Waals surface area contributed by atoms with Crippen molar-refractivity contribution in [2.45, 2.75) is 40.0 Å². The summed E-state index contributed by atoms with van der Waals surface area (Å²) in [5.41, 5.74) is 3.08. The third-order valence-electron chi connectivity index (χ3n) is 3.21. The third kappa shape index (κ3) is 2.12. The van der Waals surface area contributed by atoms with Crippen molar-refractivity contribution in [3.8, 4) is 0 Å². The predicted molar refractivity (Wildman–Crippen MR) is 59.0 cm³/mol. The molecular formula is C13H20. The van der Waals surface area contributed by atoms with Gasteiger partial charge < -0.3 is 0 Å². The van der Waals surface area contributed by atoms with Crippen LogP contribution in [0.25, 0.3) is 0 Å². The first-order valence-electron chi connectivity index (χ1n) is 5.01. The van der Waals surface area contributed by atoms with Gasteiger partial charge in [-0.2, -0.15) is 0 Å². The first kappa shape index (κ1) is 10.3. The van der Waals surface area contributed by atoms with Gasteiger partial charge in [-0.1, -0.05) is 57.5 Å². The monoisotopic (exact) mass is 176 g/mol. The first-order valence-corrected chi connectivity index (χ1v) is 5.01. The van der Waals surface area contributed by atoms with Crippen molar-refractivity contribution in [1.82, 2.24) is 0 Å². The lowest BCUT2D eigenvalue weighted by molar-refractivity contribution is 0.372. The van der Waals surface area contributed by atoms with E-state index in [1.807, 2.05) is 0 Å². The van der Waals surface area contributed by atoms with E-state index in [4.69, 9.17) is 0 Å². The van der Waals surface area contributed by atoms with E-state index in [9.17, 15) is 0 Å². The molecule has 0 bridgehead atoms. The zero-order valence-electron chi connectivity index (χ0n) is 9.39. The van der Waals surface area contributed by atoms with E-state index < -0.39 is 0 Å². The Hall–Kier alpha value is -0.780. The standard InChI is InChI=1S/C13H20/c1-10(2)13(4,5)12-8-6-7-11(3)9-12/h6-10H,1-5H3. The van der Waals surface area contributed by atoms with Crippen LogP contribution in [-0.4, -0.2) is 0 Å². The molecule has 0 N–H and O–H groups in total. The number of rotatable bonds is 2. The van der Waals surface area contributed by atoms with Gasteiger partial charge in [-0.25, -0.2) is 0 Å². The van der Waals surface area contributed by atoms with E-state index in [2.05, 4.69) is 58.9 Å². The average molecular weight is 176 g/mol. The summed E-state index contributed by atoms with van der Waals surface area (Å²) in [7, 11) is 0. The molecule has 0 fully saturated rings. The van der Waals surface area contributed by atoms with Crippen molar-refractivity contribution >= 4 is 0 Å². The maximum atomic E-state index is 2.31. The maximum Gasteiger partial charge on any atom is -0.00805 e. The predicted octanol–water partition coefficient (Wildman–Crippen LogP) is 3.93. The minimum Gasteiger partial charge on any atom is -0.0619 e. The highest BCUT2D eigenvalue weighted by molar-refractivity contribution is 5.28. The van der Waals surface area contributed by atoms with Crippen LogP contribution < -0.4 is 0 Å². The lowest BCUT2D eigenvalue weighted by atomic mass is 9.75. The summed E-state index contributed by atoms with van der Waals surface area (Å²) in [4.78, 5) is 0. The summed E-state index contributed by atoms with van der Waals surface area (Å²) in [6.45, 7) is 11.3. The molecule has 0 spiro atoms. The quantitative estimate of drug-likeness (QED) is 0.640. The molecule has 1 aromatic rings. The fourth-order valence-electron chi connectivity index (χ4n) is 1.38. The SMILES string of the molecule is Cc1cccc(C(C)(C)C(C)C)c1. The van der Waals surface area contributed by atoms with Gasteiger partial charge in [0.1, 0.15) is 0 Å². The second-order valence-corrected chi connectivity index (χ2v) is 4.75. The van der Waals surface area contributed by atoms with Crippen LogP contribution in [-0.2, 0) is 5.41 Å². The molecule has 0 heteroatoms. The van der Waals surface area contributed by atoms with Gasteiger partial charge in [-0.3, -0.25) is 0 Å². The summed E-state index contributed by atoms with van der Waals surface area (Å²) < 4.78 is 0. The van der Waals surface area contributed by atoms with Crippen LogP contribution in [0.15, 0.2) is 24.3 Å². The second-order valence-electron chi connectivity index (χ2n) is 4.75. The lowest BCUT2D eigenvalue weighted by Crippen LogP contribution is -2.24. The molecule has 0 unspecified atom stereocenters. The third-order valence-corrected chi connectivity index (χ3v) is 3.21. The van der Waals surface area contributed by atoms with Crippen LogP contribution in [0.3, 0.4) is 0 Å². The van der Waals surface area contributed by atoms with E-state index in [0.717, 1.165) is 0 Å². The fourth-order valence-corrected chi connectivity index (χ4v) is 1.38. The lowest BCUT2D eigenvalue weighted by Gasteiger charge is -2.30. The van der Waals surface area contributed by atoms with Crippen LogP contribution in [0.4, 0.5) is 0 Å². The summed E-state index contributed by atoms with van der Waals surface area (Å²) in [5, 5.41) is 0. The normalized spacial score (nSPS) is 12.2. The van der Waals surface area contributed by atoms with Gasteiger partial charge in [-0.15, -0.1) is 0 Å². The van der Waals surface area contributed by atoms with Crippen molar-refractivity contribution in [2.24, 2.45) is 5.92 Å². The molecule has 0 nitrogen and oxygen atoms in total. The Morgan fingerprint density at radius 3 is 2.23 bits per heavy atom. The molecule has 0 atom stereocenters. The average Bonchev–Trinajstić information content (AvgIpc) is 2.04. The number of benzene rings is 1. The maximum absolute atomic E-state index is 2.31. The van der Waals surface area contributed by atoms with Gasteiger partial charge in [0.05, 0.1) is 0 Å². The van der Waals surface area contributed by atoms with Gasteiger partial charge in [0.2, 0.25) is 0 Å². The van der Waals surface area contributed by atoms with E-state index in [1.54, 1.807) is 0 Å². The number of aryl methyl sites for hydroxylation is 1. The molecule has 72 valence electrons. The molecule has 0 heterocycles. The molecule has 0 amide bonds. The van der Waals surface area contributed by atoms with E-state index in [1.165, 1.54) is 11.1 Å². The molecule has 0 saturated carbocycles. The highest BCUT2D eigenvalue weighted by atomic mass is 14.3. The number of hydrogen-bond donors (Lipinski definition) is 0. The van der Waals surface area contributed by atoms with Gasteiger partial charge in [0.15, 0.2) is 0 Å². The molecule has 1 rings (SSSR count). The zero-order valence-corrected chi connectivity index (χ0v) is 9.39. The molecule has 13 heavy (non-hydrogen) atoms. The summed E-state index contributed by atoms with van der Waals surface area (Å²) in [6, 6.07) is 8.82. The minimum atomic E-state index is 0.284. The summed E-state index contributed by atoms with van der Waals surface area (Å²) in [6.07, 6.45) is 0. The van der Waals surface area contributed by atoms with E-state index >= 15 is 0 Å². The largest absolute Gasteiger partial charge is 0.0619 e. The first-order chi connectivity index (χ1) is 5.94. The van der Waals surface area contributed by atoms with Crippen LogP contribution in [0.1, 0.15) is 38.8 Å². The molecule has 0 aromatic heterocycles. The van der Waals surface area contributed by atoms with Crippen molar-refractivity contribution < 1.29 is 0 Å². The van der Waals surface area contributed by atoms with Crippen LogP contribution >= 0.6 is 0 Å². The molecule has 0 aliphatic rings. The van der Waals surface area contributed by atoms with Gasteiger partial charge in [-0.05, 0) is 23.8 Å². The molecule has 0 aliphatic heterocycles. The molecule has 0 radical (unpaired) electrons. The fraction of sp³-hybridized carbons (Fsp3) is 0.538. The smallest absolute Gasteiger partial charge is 0.00805 e. The Morgan fingerprint density at radius 2 is 1.77 bits per heavy atom. The van der Waals surface area contributed by atoms with Crippen LogP contribution in [0.2, 0.25) is 0 Å². The Kier molecular flexibility index (Phi) is 2.80. The highest BCUT2D eigenvalue weighted by Gasteiger charge is 2.24. The molecule has 1 aromatic carbocycles. The minimum absolute atomic E-state index is 0.284. The summed E-state index contributed by atoms with van der Waals surface area (Å²) in [5.74, 6) is 0.675. The Labute approximate surface area is 82.0 Å². The van der Waals surface area contributed by atoms with E-state index in [0.29, 0.717) is 5.92 Å². The summed E-state index contributed by atoms with van der Waals surface area (Å²) >= 11 is 0. The van der Waals surface area contributed by atoms with Crippen molar-refractivity contribution in [2.75, 3.05) is 0 Å². The highest BCUT2D eigenvalue weighted by Crippen LogP contribution is 2.31. The Balaban J connectivity index is 3.07. The van der Waals surface area contributed by atoms with Crippen LogP contribution in [0.5, 0.6) is 0 Å². The van der Waals surface area contributed by atoms with Gasteiger partial charge >= 0.3 is 0 Å². The molecular weight excluding hydrogens is 156 g/mol. The van der Waals surface area contributed by atoms with Gasteiger partial charge in [0.25, 0.3) is 0 Å². The van der Waals surface area contributed by atoms with Crippen molar-refractivity contribution in [1.29, 1.82) is 0 Å². The molecule has 0 saturated heterocycles. The molecule has 0 aliphatic carbocycles. The van der Waals surface area contributed by atoms with Crippen molar-refractivity contribution in [3.05, 3.63) is 35.4 Å². The topological polar surface area (TPSA) is 0 Å². The Bertz CT molecular complexity index is 282.